The maximum Gasteiger partial charge on any atom is 0.296 e. The van der Waals surface area contributed by atoms with Crippen molar-refractivity contribution in [2.45, 2.75) is 38.0 Å². The van der Waals surface area contributed by atoms with Crippen LogP contribution in [0.1, 0.15) is 41.0 Å². The monoisotopic (exact) mass is 622 g/mol. The number of halogens is 1. The highest BCUT2D eigenvalue weighted by molar-refractivity contribution is 9.10. The van der Waals surface area contributed by atoms with Gasteiger partial charge < -0.3 is 4.90 Å². The molecule has 1 aromatic heterocycles. The zero-order valence-corrected chi connectivity index (χ0v) is 25.7. The van der Waals surface area contributed by atoms with Gasteiger partial charge >= 0.3 is 0 Å². The number of nitrogens with zero attached hydrogens (tertiary/aromatic N) is 4. The molecule has 1 aliphatic heterocycles. The number of benzene rings is 3. The molecule has 0 spiro atoms. The standard InChI is InChI=1S/C30H31BrN4O4S/c1-19-15-16-24(31)27-25(19)30(3,4)18-34(27)28(36)21-11-10-14-23(17-21)40(38,39)33(6)26-20(2)32(5)35(29(26)37)22-12-8-7-9-13-22/h7-17H,18H2,1-6H3. The number of rotatable bonds is 5. The van der Waals surface area contributed by atoms with E-state index in [0.717, 1.165) is 25.6 Å². The van der Waals surface area contributed by atoms with E-state index in [4.69, 9.17) is 0 Å². The van der Waals surface area contributed by atoms with Crippen LogP contribution in [0.25, 0.3) is 5.69 Å². The molecule has 0 aliphatic carbocycles. The van der Waals surface area contributed by atoms with Crippen LogP contribution in [-0.4, -0.2) is 37.3 Å². The Morgan fingerprint density at radius 3 is 2.35 bits per heavy atom. The topological polar surface area (TPSA) is 84.6 Å². The second kappa shape index (κ2) is 9.78. The van der Waals surface area contributed by atoms with Gasteiger partial charge in [-0.2, -0.15) is 0 Å². The Morgan fingerprint density at radius 2 is 1.68 bits per heavy atom. The molecule has 10 heteroatoms. The van der Waals surface area contributed by atoms with Crippen LogP contribution >= 0.6 is 15.9 Å². The smallest absolute Gasteiger partial charge is 0.296 e. The highest BCUT2D eigenvalue weighted by Gasteiger charge is 2.41. The van der Waals surface area contributed by atoms with Crippen molar-refractivity contribution in [3.8, 4) is 5.69 Å². The average molecular weight is 624 g/mol. The second-order valence-electron chi connectivity index (χ2n) is 10.8. The molecule has 1 amide bonds. The van der Waals surface area contributed by atoms with Crippen LogP contribution in [-0.2, 0) is 22.5 Å². The summed E-state index contributed by atoms with van der Waals surface area (Å²) in [5.41, 5.74) is 3.66. The molecule has 0 unspecified atom stereocenters. The first-order chi connectivity index (χ1) is 18.8. The maximum atomic E-state index is 13.8. The van der Waals surface area contributed by atoms with E-state index >= 15 is 0 Å². The third-order valence-electron chi connectivity index (χ3n) is 7.66. The zero-order chi connectivity index (χ0) is 29.1. The molecule has 40 heavy (non-hydrogen) atoms. The number of carbonyl (C=O) groups is 1. The van der Waals surface area contributed by atoms with Crippen molar-refractivity contribution in [3.05, 3.63) is 104 Å². The molecular formula is C30H31BrN4O4S. The summed E-state index contributed by atoms with van der Waals surface area (Å²) < 4.78 is 32.5. The summed E-state index contributed by atoms with van der Waals surface area (Å²) in [5, 5.41) is 0. The summed E-state index contributed by atoms with van der Waals surface area (Å²) in [6, 6.07) is 19.0. The highest BCUT2D eigenvalue weighted by Crippen LogP contribution is 2.47. The van der Waals surface area contributed by atoms with Crippen molar-refractivity contribution in [2.24, 2.45) is 7.05 Å². The predicted molar refractivity (Wildman–Crippen MR) is 161 cm³/mol. The first-order valence-corrected chi connectivity index (χ1v) is 15.0. The number of aromatic nitrogens is 2. The van der Waals surface area contributed by atoms with Gasteiger partial charge in [0.2, 0.25) is 0 Å². The molecule has 5 rings (SSSR count). The van der Waals surface area contributed by atoms with Gasteiger partial charge in [-0.05, 0) is 77.3 Å². The van der Waals surface area contributed by atoms with Gasteiger partial charge in [0.15, 0.2) is 0 Å². The van der Waals surface area contributed by atoms with E-state index in [9.17, 15) is 18.0 Å². The van der Waals surface area contributed by atoms with Gasteiger partial charge in [0.25, 0.3) is 21.5 Å². The molecule has 0 saturated carbocycles. The van der Waals surface area contributed by atoms with Crippen LogP contribution in [0.2, 0.25) is 0 Å². The Morgan fingerprint density at radius 1 is 1.00 bits per heavy atom. The minimum absolute atomic E-state index is 0.0395. The lowest BCUT2D eigenvalue weighted by Gasteiger charge is -2.22. The summed E-state index contributed by atoms with van der Waals surface area (Å²) in [4.78, 5) is 29.0. The number of fused-ring (bicyclic) bond motifs is 1. The SMILES string of the molecule is Cc1ccc(Br)c2c1C(C)(C)CN2C(=O)c1cccc(S(=O)(=O)N(C)c2c(C)n(C)n(-c3ccccc3)c2=O)c1. The summed E-state index contributed by atoms with van der Waals surface area (Å²) in [5.74, 6) is -0.292. The molecule has 0 radical (unpaired) electrons. The van der Waals surface area contributed by atoms with Crippen molar-refractivity contribution in [2.75, 3.05) is 22.8 Å². The van der Waals surface area contributed by atoms with E-state index in [2.05, 4.69) is 29.8 Å². The molecular weight excluding hydrogens is 592 g/mol. The van der Waals surface area contributed by atoms with Crippen molar-refractivity contribution in [1.82, 2.24) is 9.36 Å². The van der Waals surface area contributed by atoms with Crippen LogP contribution in [0, 0.1) is 13.8 Å². The third-order valence-corrected chi connectivity index (χ3v) is 10.1. The van der Waals surface area contributed by atoms with Crippen LogP contribution in [0.5, 0.6) is 0 Å². The number of amides is 1. The quantitative estimate of drug-likeness (QED) is 0.302. The second-order valence-corrected chi connectivity index (χ2v) is 13.6. The Labute approximate surface area is 242 Å². The van der Waals surface area contributed by atoms with Crippen molar-refractivity contribution < 1.29 is 13.2 Å². The van der Waals surface area contributed by atoms with Crippen LogP contribution in [0.3, 0.4) is 0 Å². The number of sulfonamides is 1. The lowest BCUT2D eigenvalue weighted by Crippen LogP contribution is -2.34. The van der Waals surface area contributed by atoms with E-state index < -0.39 is 15.6 Å². The Bertz CT molecular complexity index is 1820. The zero-order valence-electron chi connectivity index (χ0n) is 23.3. The lowest BCUT2D eigenvalue weighted by molar-refractivity contribution is 0.0985. The molecule has 4 aromatic rings. The Hall–Kier alpha value is -3.63. The van der Waals surface area contributed by atoms with E-state index in [1.807, 2.05) is 37.3 Å². The summed E-state index contributed by atoms with van der Waals surface area (Å²) >= 11 is 3.61. The number of hydrogen-bond acceptors (Lipinski definition) is 4. The molecule has 0 N–H and O–H groups in total. The number of carbonyl (C=O) groups excluding carboxylic acids is 1. The van der Waals surface area contributed by atoms with Crippen molar-refractivity contribution in [1.29, 1.82) is 0 Å². The van der Waals surface area contributed by atoms with E-state index in [0.29, 0.717) is 17.9 Å². The van der Waals surface area contributed by atoms with Gasteiger partial charge in [0.1, 0.15) is 5.69 Å². The number of para-hydroxylation sites is 1. The van der Waals surface area contributed by atoms with Crippen LogP contribution < -0.4 is 14.8 Å². The normalized spacial score (nSPS) is 14.3. The molecule has 2 heterocycles. The number of hydrogen-bond donors (Lipinski definition) is 0. The van der Waals surface area contributed by atoms with Gasteiger partial charge in [-0.25, -0.2) is 13.1 Å². The average Bonchev–Trinajstić information content (AvgIpc) is 3.34. The first-order valence-electron chi connectivity index (χ1n) is 12.8. The van der Waals surface area contributed by atoms with Crippen LogP contribution in [0.4, 0.5) is 11.4 Å². The van der Waals surface area contributed by atoms with Gasteiger partial charge in [0, 0.05) is 36.1 Å². The third kappa shape index (κ3) is 4.30. The predicted octanol–water partition coefficient (Wildman–Crippen LogP) is 5.32. The summed E-state index contributed by atoms with van der Waals surface area (Å²) in [7, 11) is -1.10. The fourth-order valence-electron chi connectivity index (χ4n) is 5.65. The molecule has 1 aliphatic rings. The fourth-order valence-corrected chi connectivity index (χ4v) is 7.49. The van der Waals surface area contributed by atoms with Gasteiger partial charge in [-0.3, -0.25) is 18.6 Å². The van der Waals surface area contributed by atoms with Crippen molar-refractivity contribution in [3.63, 3.8) is 0 Å². The number of anilines is 2. The summed E-state index contributed by atoms with van der Waals surface area (Å²) in [6.45, 7) is 8.39. The fraction of sp³-hybridized carbons (Fsp3) is 0.267. The molecule has 0 bridgehead atoms. The largest absolute Gasteiger partial charge is 0.306 e. The van der Waals surface area contributed by atoms with E-state index in [-0.39, 0.29) is 27.5 Å². The molecule has 3 aromatic carbocycles. The summed E-state index contributed by atoms with van der Waals surface area (Å²) in [6.07, 6.45) is 0. The number of aryl methyl sites for hydroxylation is 1. The Kier molecular flexibility index (Phi) is 6.82. The first kappa shape index (κ1) is 27.9. The highest BCUT2D eigenvalue weighted by atomic mass is 79.9. The molecule has 0 atom stereocenters. The van der Waals surface area contributed by atoms with E-state index in [1.165, 1.54) is 23.9 Å². The molecule has 8 nitrogen and oxygen atoms in total. The van der Waals surface area contributed by atoms with Gasteiger partial charge in [0.05, 0.1) is 22.0 Å². The van der Waals surface area contributed by atoms with Gasteiger partial charge in [-0.15, -0.1) is 0 Å². The lowest BCUT2D eigenvalue weighted by atomic mass is 9.84. The van der Waals surface area contributed by atoms with Crippen LogP contribution in [0.15, 0.2) is 80.9 Å². The molecule has 0 fully saturated rings. The minimum atomic E-state index is -4.17. The maximum absolute atomic E-state index is 13.8. The molecule has 0 saturated heterocycles. The minimum Gasteiger partial charge on any atom is -0.306 e. The Balaban J connectivity index is 1.54. The van der Waals surface area contributed by atoms with Gasteiger partial charge in [-0.1, -0.05) is 44.2 Å². The molecule has 208 valence electrons. The van der Waals surface area contributed by atoms with Crippen molar-refractivity contribution >= 4 is 43.2 Å². The van der Waals surface area contributed by atoms with E-state index in [1.54, 1.807) is 47.8 Å².